The van der Waals surface area contributed by atoms with E-state index < -0.39 is 29.7 Å². The maximum Gasteiger partial charge on any atom is 0.408 e. The van der Waals surface area contributed by atoms with Gasteiger partial charge in [-0.1, -0.05) is 50.3 Å². The SMILES string of the molecule is CC(=C[C@H](C(C)C)N(C)C(=O)[C@H](Cc1ccccc1)NC(=O)OC(C)(C)C)C(=O)O. The average Bonchev–Trinajstić information content (AvgIpc) is 2.63. The maximum atomic E-state index is 13.3. The molecule has 0 aromatic heterocycles. The number of amides is 2. The first-order valence-electron chi connectivity index (χ1n) is 10.0. The van der Waals surface area contributed by atoms with Crippen molar-refractivity contribution in [1.29, 1.82) is 0 Å². The second-order valence-corrected chi connectivity index (χ2v) is 8.73. The normalized spacial score (nSPS) is 14.1. The van der Waals surface area contributed by atoms with E-state index in [-0.39, 0.29) is 23.8 Å². The van der Waals surface area contributed by atoms with Gasteiger partial charge in [-0.2, -0.15) is 0 Å². The van der Waals surface area contributed by atoms with Crippen molar-refractivity contribution >= 4 is 18.0 Å². The highest BCUT2D eigenvalue weighted by atomic mass is 16.6. The second kappa shape index (κ2) is 10.8. The molecule has 0 aliphatic carbocycles. The first-order valence-corrected chi connectivity index (χ1v) is 10.0. The van der Waals surface area contributed by atoms with Gasteiger partial charge in [0.25, 0.3) is 0 Å². The van der Waals surface area contributed by atoms with Crippen LogP contribution in [0.15, 0.2) is 42.0 Å². The zero-order valence-corrected chi connectivity index (χ0v) is 18.9. The third kappa shape index (κ3) is 8.27. The zero-order chi connectivity index (χ0) is 23.1. The number of carbonyl (C=O) groups is 3. The van der Waals surface area contributed by atoms with E-state index in [1.54, 1.807) is 33.9 Å². The van der Waals surface area contributed by atoms with Gasteiger partial charge in [0.05, 0.1) is 6.04 Å². The minimum Gasteiger partial charge on any atom is -0.478 e. The zero-order valence-electron chi connectivity index (χ0n) is 18.9. The van der Waals surface area contributed by atoms with Crippen LogP contribution in [-0.4, -0.2) is 52.7 Å². The van der Waals surface area contributed by atoms with Crippen molar-refractivity contribution in [2.45, 2.75) is 65.6 Å². The fourth-order valence-corrected chi connectivity index (χ4v) is 2.97. The third-order valence-electron chi connectivity index (χ3n) is 4.51. The van der Waals surface area contributed by atoms with Gasteiger partial charge in [-0.05, 0) is 39.2 Å². The molecule has 0 spiro atoms. The lowest BCUT2D eigenvalue weighted by Gasteiger charge is -2.33. The number of alkyl carbamates (subject to hydrolysis) is 1. The predicted octanol–water partition coefficient (Wildman–Crippen LogP) is 3.64. The molecule has 0 saturated heterocycles. The van der Waals surface area contributed by atoms with Crippen LogP contribution in [0.3, 0.4) is 0 Å². The van der Waals surface area contributed by atoms with Crippen LogP contribution in [0.5, 0.6) is 0 Å². The molecule has 0 saturated carbocycles. The molecule has 0 radical (unpaired) electrons. The van der Waals surface area contributed by atoms with Crippen LogP contribution < -0.4 is 5.32 Å². The van der Waals surface area contributed by atoms with E-state index in [0.717, 1.165) is 5.56 Å². The average molecular weight is 419 g/mol. The highest BCUT2D eigenvalue weighted by Gasteiger charge is 2.31. The molecule has 1 rings (SSSR count). The topological polar surface area (TPSA) is 95.9 Å². The van der Waals surface area contributed by atoms with Crippen LogP contribution in [0.25, 0.3) is 0 Å². The molecule has 0 aliphatic heterocycles. The van der Waals surface area contributed by atoms with E-state index >= 15 is 0 Å². The number of nitrogens with one attached hydrogen (secondary N) is 1. The number of benzene rings is 1. The molecular formula is C23H34N2O5. The van der Waals surface area contributed by atoms with E-state index in [9.17, 15) is 19.5 Å². The van der Waals surface area contributed by atoms with E-state index in [0.29, 0.717) is 0 Å². The van der Waals surface area contributed by atoms with Crippen molar-refractivity contribution in [2.75, 3.05) is 7.05 Å². The highest BCUT2D eigenvalue weighted by Crippen LogP contribution is 2.16. The van der Waals surface area contributed by atoms with Crippen LogP contribution in [0.2, 0.25) is 0 Å². The number of nitrogens with zero attached hydrogens (tertiary/aromatic N) is 1. The van der Waals surface area contributed by atoms with Gasteiger partial charge in [-0.15, -0.1) is 0 Å². The van der Waals surface area contributed by atoms with Crippen LogP contribution in [0.1, 0.15) is 47.1 Å². The molecule has 30 heavy (non-hydrogen) atoms. The Kier molecular flexibility index (Phi) is 9.08. The Morgan fingerprint density at radius 2 is 1.73 bits per heavy atom. The lowest BCUT2D eigenvalue weighted by Crippen LogP contribution is -2.52. The Balaban J connectivity index is 3.16. The van der Waals surface area contributed by atoms with Crippen molar-refractivity contribution in [1.82, 2.24) is 10.2 Å². The van der Waals surface area contributed by atoms with Crippen molar-refractivity contribution in [3.63, 3.8) is 0 Å². The summed E-state index contributed by atoms with van der Waals surface area (Å²) in [5.74, 6) is -1.38. The molecule has 166 valence electrons. The number of hydrogen-bond donors (Lipinski definition) is 2. The first kappa shape index (κ1) is 25.2. The molecule has 7 nitrogen and oxygen atoms in total. The van der Waals surface area contributed by atoms with E-state index in [4.69, 9.17) is 4.74 Å². The number of carbonyl (C=O) groups excluding carboxylic acids is 2. The van der Waals surface area contributed by atoms with Gasteiger partial charge in [0.1, 0.15) is 11.6 Å². The molecule has 7 heteroatoms. The van der Waals surface area contributed by atoms with Gasteiger partial charge < -0.3 is 20.1 Å². The molecule has 0 aliphatic rings. The minimum absolute atomic E-state index is 0.0212. The molecule has 0 unspecified atom stereocenters. The van der Waals surface area contributed by atoms with Gasteiger partial charge in [0.2, 0.25) is 5.91 Å². The number of hydrogen-bond acceptors (Lipinski definition) is 4. The molecule has 2 amide bonds. The molecule has 0 fully saturated rings. The summed E-state index contributed by atoms with van der Waals surface area (Å²) in [6.07, 6.45) is 1.18. The third-order valence-corrected chi connectivity index (χ3v) is 4.51. The van der Waals surface area contributed by atoms with Crippen LogP contribution >= 0.6 is 0 Å². The summed E-state index contributed by atoms with van der Waals surface area (Å²) in [5.41, 5.74) is 0.352. The Hall–Kier alpha value is -2.83. The monoisotopic (exact) mass is 418 g/mol. The summed E-state index contributed by atoms with van der Waals surface area (Å²) in [7, 11) is 1.62. The van der Waals surface area contributed by atoms with Gasteiger partial charge in [-0.3, -0.25) is 4.79 Å². The van der Waals surface area contributed by atoms with Gasteiger partial charge in [-0.25, -0.2) is 9.59 Å². The smallest absolute Gasteiger partial charge is 0.408 e. The Labute approximate surface area is 179 Å². The van der Waals surface area contributed by atoms with Crippen LogP contribution in [-0.2, 0) is 20.7 Å². The predicted molar refractivity (Wildman–Crippen MR) is 116 cm³/mol. The van der Waals surface area contributed by atoms with Crippen LogP contribution in [0, 0.1) is 5.92 Å². The molecule has 1 aromatic carbocycles. The Bertz CT molecular complexity index is 766. The van der Waals surface area contributed by atoms with Crippen molar-refractivity contribution in [3.8, 4) is 0 Å². The molecule has 2 N–H and O–H groups in total. The second-order valence-electron chi connectivity index (χ2n) is 8.73. The van der Waals surface area contributed by atoms with Crippen LogP contribution in [0.4, 0.5) is 4.79 Å². The maximum absolute atomic E-state index is 13.3. The summed E-state index contributed by atoms with van der Waals surface area (Å²) >= 11 is 0. The minimum atomic E-state index is -1.03. The van der Waals surface area contributed by atoms with Crippen molar-refractivity contribution in [3.05, 3.63) is 47.5 Å². The summed E-state index contributed by atoms with van der Waals surface area (Å²) in [5, 5.41) is 11.9. The molecular weight excluding hydrogens is 384 g/mol. The summed E-state index contributed by atoms with van der Waals surface area (Å²) < 4.78 is 5.33. The van der Waals surface area contributed by atoms with Gasteiger partial charge >= 0.3 is 12.1 Å². The number of aliphatic carboxylic acids is 1. The standard InChI is InChI=1S/C23H34N2O5/c1-15(2)19(13-16(3)21(27)28)25(7)20(26)18(14-17-11-9-8-10-12-17)24-22(29)30-23(4,5)6/h8-13,15,18-19H,14H2,1-7H3,(H,24,29)(H,27,28)/t18-,19+/m0/s1. The van der Waals surface area contributed by atoms with Crippen molar-refractivity contribution in [2.24, 2.45) is 5.92 Å². The lowest BCUT2D eigenvalue weighted by molar-refractivity contribution is -0.135. The quantitative estimate of drug-likeness (QED) is 0.629. The number of carboxylic acid groups (broad SMARTS) is 1. The van der Waals surface area contributed by atoms with E-state index in [1.807, 2.05) is 44.2 Å². The molecule has 0 bridgehead atoms. The van der Waals surface area contributed by atoms with Crippen molar-refractivity contribution < 1.29 is 24.2 Å². The Morgan fingerprint density at radius 3 is 2.20 bits per heavy atom. The molecule has 0 heterocycles. The number of rotatable bonds is 8. The highest BCUT2D eigenvalue weighted by molar-refractivity contribution is 5.88. The fraction of sp³-hybridized carbons (Fsp3) is 0.522. The first-order chi connectivity index (χ1) is 13.8. The summed E-state index contributed by atoms with van der Waals surface area (Å²) in [6.45, 7) is 10.6. The fourth-order valence-electron chi connectivity index (χ4n) is 2.97. The summed E-state index contributed by atoms with van der Waals surface area (Å²) in [6, 6.07) is 8.08. The number of ether oxygens (including phenoxy) is 1. The number of carboxylic acids is 1. The lowest BCUT2D eigenvalue weighted by atomic mass is 9.98. The number of likely N-dealkylation sites (N-methyl/N-ethyl adjacent to an activating group) is 1. The largest absolute Gasteiger partial charge is 0.478 e. The van der Waals surface area contributed by atoms with Gasteiger partial charge in [0.15, 0.2) is 0 Å². The van der Waals surface area contributed by atoms with E-state index in [1.165, 1.54) is 11.8 Å². The van der Waals surface area contributed by atoms with E-state index in [2.05, 4.69) is 5.32 Å². The van der Waals surface area contributed by atoms with Gasteiger partial charge in [0, 0.05) is 19.0 Å². The summed E-state index contributed by atoms with van der Waals surface area (Å²) in [4.78, 5) is 38.4. The molecule has 1 aromatic rings. The molecule has 2 atom stereocenters. The Morgan fingerprint density at radius 1 is 1.17 bits per heavy atom.